The molecule has 1 aromatic heterocycles. The van der Waals surface area contributed by atoms with Crippen molar-refractivity contribution in [2.75, 3.05) is 10.2 Å². The van der Waals surface area contributed by atoms with E-state index in [0.717, 1.165) is 36.2 Å². The highest BCUT2D eigenvalue weighted by molar-refractivity contribution is 6.74. The lowest BCUT2D eigenvalue weighted by molar-refractivity contribution is 0.195. The van der Waals surface area contributed by atoms with E-state index in [1.807, 2.05) is 0 Å². The number of nitrogens with one attached hydrogen (secondary N) is 1. The molecule has 0 bridgehead atoms. The SMILES string of the molecule is CC(C)(C)c1cc2c3c(c1)C1(C)CCCCC1(C)N3c1c(c(-c3cc4ccccc4cc3Nc3ccc4c(c3)C(C)(C)c3ccccc3-4)cc3c1oc1ccccc13)B2. The predicted molar refractivity (Wildman–Crippen MR) is 252 cm³/mol. The van der Waals surface area contributed by atoms with Crippen LogP contribution >= 0.6 is 0 Å². The van der Waals surface area contributed by atoms with Crippen molar-refractivity contribution in [2.45, 2.75) is 95.9 Å². The Labute approximate surface area is 348 Å². The summed E-state index contributed by atoms with van der Waals surface area (Å²) < 4.78 is 7.08. The maximum Gasteiger partial charge on any atom is 0.198 e. The molecule has 0 saturated heterocycles. The van der Waals surface area contributed by atoms with Gasteiger partial charge in [-0.2, -0.15) is 0 Å². The smallest absolute Gasteiger partial charge is 0.198 e. The average molecular weight is 767 g/mol. The number of nitrogens with zero attached hydrogens (tertiary/aromatic N) is 1. The summed E-state index contributed by atoms with van der Waals surface area (Å²) in [6, 6.07) is 45.8. The molecule has 8 aromatic rings. The number of benzene rings is 7. The van der Waals surface area contributed by atoms with E-state index in [-0.39, 0.29) is 21.8 Å². The van der Waals surface area contributed by atoms with Gasteiger partial charge in [-0.25, -0.2) is 0 Å². The molecule has 12 rings (SSSR count). The third kappa shape index (κ3) is 4.66. The van der Waals surface area contributed by atoms with Gasteiger partial charge in [0, 0.05) is 44.2 Å². The van der Waals surface area contributed by atoms with E-state index >= 15 is 0 Å². The predicted octanol–water partition coefficient (Wildman–Crippen LogP) is 13.2. The maximum absolute atomic E-state index is 7.08. The first-order valence-electron chi connectivity index (χ1n) is 21.9. The van der Waals surface area contributed by atoms with Crippen molar-refractivity contribution >= 4 is 73.7 Å². The van der Waals surface area contributed by atoms with E-state index in [2.05, 4.69) is 180 Å². The second kappa shape index (κ2) is 11.7. The number of hydrogen-bond donors (Lipinski definition) is 1. The van der Waals surface area contributed by atoms with Crippen LogP contribution in [0.2, 0.25) is 0 Å². The first-order valence-corrected chi connectivity index (χ1v) is 21.9. The van der Waals surface area contributed by atoms with Crippen molar-refractivity contribution in [3.63, 3.8) is 0 Å². The molecule has 7 aromatic carbocycles. The largest absolute Gasteiger partial charge is 0.454 e. The summed E-state index contributed by atoms with van der Waals surface area (Å²) in [7, 11) is 0.851. The van der Waals surface area contributed by atoms with E-state index in [1.54, 1.807) is 0 Å². The Morgan fingerprint density at radius 3 is 2.19 bits per heavy atom. The lowest BCUT2D eigenvalue weighted by Crippen LogP contribution is -2.57. The summed E-state index contributed by atoms with van der Waals surface area (Å²) in [6.45, 7) is 17.0. The third-order valence-electron chi connectivity index (χ3n) is 15.5. The van der Waals surface area contributed by atoms with E-state index in [9.17, 15) is 0 Å². The number of para-hydroxylation sites is 1. The molecule has 4 aliphatic rings. The molecule has 290 valence electrons. The Bertz CT molecular complexity index is 3130. The quantitative estimate of drug-likeness (QED) is 0.182. The van der Waals surface area contributed by atoms with E-state index in [1.165, 1.54) is 108 Å². The van der Waals surface area contributed by atoms with Gasteiger partial charge in [0.1, 0.15) is 5.58 Å². The van der Waals surface area contributed by atoms with Crippen LogP contribution < -0.4 is 21.1 Å². The highest BCUT2D eigenvalue weighted by atomic mass is 16.3. The van der Waals surface area contributed by atoms with Gasteiger partial charge in [-0.1, -0.05) is 145 Å². The van der Waals surface area contributed by atoms with Crippen LogP contribution in [-0.2, 0) is 16.2 Å². The normalized spacial score (nSPS) is 20.9. The number of furan rings is 1. The van der Waals surface area contributed by atoms with Crippen LogP contribution in [0.3, 0.4) is 0 Å². The molecule has 2 aliphatic carbocycles. The third-order valence-corrected chi connectivity index (χ3v) is 15.5. The molecule has 0 spiro atoms. The number of anilines is 4. The van der Waals surface area contributed by atoms with Crippen LogP contribution in [0, 0.1) is 0 Å². The van der Waals surface area contributed by atoms with Crippen LogP contribution in [0.5, 0.6) is 0 Å². The summed E-state index contributed by atoms with van der Waals surface area (Å²) in [5.74, 6) is 0. The topological polar surface area (TPSA) is 28.4 Å². The monoisotopic (exact) mass is 766 g/mol. The summed E-state index contributed by atoms with van der Waals surface area (Å²) in [5, 5.41) is 8.88. The Hall–Kier alpha value is -5.74. The molecular weight excluding hydrogens is 715 g/mol. The first-order chi connectivity index (χ1) is 28.3. The van der Waals surface area contributed by atoms with Gasteiger partial charge >= 0.3 is 0 Å². The van der Waals surface area contributed by atoms with Crippen LogP contribution in [0.15, 0.2) is 126 Å². The summed E-state index contributed by atoms with van der Waals surface area (Å²) >= 11 is 0. The van der Waals surface area contributed by atoms with Crippen LogP contribution in [0.1, 0.15) is 96.4 Å². The second-order valence-electron chi connectivity index (χ2n) is 20.1. The molecule has 1 N–H and O–H groups in total. The molecule has 59 heavy (non-hydrogen) atoms. The molecule has 2 aliphatic heterocycles. The molecule has 1 fully saturated rings. The first kappa shape index (κ1) is 35.2. The van der Waals surface area contributed by atoms with Crippen LogP contribution in [0.4, 0.5) is 22.7 Å². The number of hydrogen-bond acceptors (Lipinski definition) is 3. The minimum atomic E-state index is -0.0994. The van der Waals surface area contributed by atoms with E-state index in [4.69, 9.17) is 4.42 Å². The Morgan fingerprint density at radius 2 is 1.36 bits per heavy atom. The fourth-order valence-electron chi connectivity index (χ4n) is 12.1. The second-order valence-corrected chi connectivity index (χ2v) is 20.1. The van der Waals surface area contributed by atoms with Gasteiger partial charge < -0.3 is 14.6 Å². The molecule has 1 saturated carbocycles. The van der Waals surface area contributed by atoms with Gasteiger partial charge in [0.05, 0.1) is 11.2 Å². The number of fused-ring (bicyclic) bond motifs is 13. The van der Waals surface area contributed by atoms with Gasteiger partial charge in [0.25, 0.3) is 0 Å². The van der Waals surface area contributed by atoms with E-state index in [0.29, 0.717) is 0 Å². The van der Waals surface area contributed by atoms with Crippen molar-refractivity contribution in [3.05, 3.63) is 144 Å². The summed E-state index contributed by atoms with van der Waals surface area (Å²) in [5.41, 5.74) is 20.5. The molecule has 3 heterocycles. The van der Waals surface area contributed by atoms with Crippen molar-refractivity contribution in [2.24, 2.45) is 0 Å². The van der Waals surface area contributed by atoms with Gasteiger partial charge in [-0.15, -0.1) is 0 Å². The van der Waals surface area contributed by atoms with Crippen molar-refractivity contribution in [1.82, 2.24) is 0 Å². The van der Waals surface area contributed by atoms with Gasteiger partial charge in [0.2, 0.25) is 0 Å². The lowest BCUT2D eigenvalue weighted by atomic mass is 9.57. The average Bonchev–Trinajstić information content (AvgIpc) is 3.79. The Balaban J connectivity index is 1.14. The highest BCUT2D eigenvalue weighted by Crippen LogP contribution is 2.62. The minimum absolute atomic E-state index is 0.0171. The molecule has 0 amide bonds. The Morgan fingerprint density at radius 1 is 0.627 bits per heavy atom. The van der Waals surface area contributed by atoms with Crippen molar-refractivity contribution in [3.8, 4) is 22.3 Å². The molecule has 3 nitrogen and oxygen atoms in total. The zero-order valence-electron chi connectivity index (χ0n) is 35.4. The van der Waals surface area contributed by atoms with Gasteiger partial charge in [-0.3, -0.25) is 0 Å². The number of rotatable bonds is 3. The molecular formula is C55H51BN2O. The maximum atomic E-state index is 7.08. The highest BCUT2D eigenvalue weighted by Gasteiger charge is 2.60. The molecule has 4 heteroatoms. The molecule has 2 atom stereocenters. The Kier molecular flexibility index (Phi) is 7.00. The molecule has 2 unspecified atom stereocenters. The van der Waals surface area contributed by atoms with Crippen molar-refractivity contribution < 1.29 is 4.42 Å². The zero-order valence-corrected chi connectivity index (χ0v) is 35.4. The summed E-state index contributed by atoms with van der Waals surface area (Å²) in [6.07, 6.45) is 4.84. The molecule has 0 radical (unpaired) electrons. The fourth-order valence-corrected chi connectivity index (χ4v) is 12.1. The van der Waals surface area contributed by atoms with E-state index < -0.39 is 0 Å². The minimum Gasteiger partial charge on any atom is -0.454 e. The van der Waals surface area contributed by atoms with Crippen LogP contribution in [0.25, 0.3) is 55.0 Å². The van der Waals surface area contributed by atoms with Crippen LogP contribution in [-0.4, -0.2) is 12.8 Å². The fraction of sp³-hybridized carbons (Fsp3) is 0.273. The van der Waals surface area contributed by atoms with Gasteiger partial charge in [-0.05, 0) is 117 Å². The van der Waals surface area contributed by atoms with Gasteiger partial charge in [0.15, 0.2) is 12.9 Å². The zero-order chi connectivity index (χ0) is 40.2. The lowest BCUT2D eigenvalue weighted by Gasteiger charge is -2.51. The van der Waals surface area contributed by atoms with Crippen molar-refractivity contribution in [1.29, 1.82) is 0 Å². The summed E-state index contributed by atoms with van der Waals surface area (Å²) in [4.78, 5) is 2.81. The standard InChI is InChI=1S/C55H51BN2O/c1-52(2,3)34-28-44-49-45(29-34)56-48-40(31-41-38-19-11-13-21-47(38)59-51(41)50(48)58(49)55(7)25-15-14-24-54(44,55)6)39-26-32-16-8-9-17-33(32)27-46(39)57-35-22-23-37-36-18-10-12-20-42(36)53(4,5)43(37)30-35/h8-13,16-23,26-31,56-57H,14-15,24-25H2,1-7H3.